The maximum Gasteiger partial charge on any atom is -0.00463 e. The normalized spacial score (nSPS) is 18.2. The van der Waals surface area contributed by atoms with Gasteiger partial charge in [-0.1, -0.05) is 58.8 Å². The summed E-state index contributed by atoms with van der Waals surface area (Å²) in [6.45, 7) is 7.18. The second-order valence-electron chi connectivity index (χ2n) is 5.57. The van der Waals surface area contributed by atoms with Crippen molar-refractivity contribution in [2.75, 3.05) is 13.1 Å². The quantitative estimate of drug-likeness (QED) is 0.646. The first-order valence-corrected chi connectivity index (χ1v) is 7.57. The van der Waals surface area contributed by atoms with Gasteiger partial charge >= 0.3 is 0 Å². The average molecular weight is 225 g/mol. The van der Waals surface area contributed by atoms with E-state index in [1.807, 2.05) is 0 Å². The van der Waals surface area contributed by atoms with Gasteiger partial charge in [-0.05, 0) is 37.8 Å². The lowest BCUT2D eigenvalue weighted by atomic mass is 9.88. The third-order valence-electron chi connectivity index (χ3n) is 4.08. The summed E-state index contributed by atoms with van der Waals surface area (Å²) in [7, 11) is 0. The molecule has 0 aromatic carbocycles. The van der Waals surface area contributed by atoms with Crippen molar-refractivity contribution in [1.82, 2.24) is 5.32 Å². The highest BCUT2D eigenvalue weighted by Gasteiger charge is 2.13. The number of piperidine rings is 1. The van der Waals surface area contributed by atoms with E-state index in [9.17, 15) is 0 Å². The van der Waals surface area contributed by atoms with Gasteiger partial charge in [-0.15, -0.1) is 0 Å². The third-order valence-corrected chi connectivity index (χ3v) is 4.08. The number of hydrogen-bond acceptors (Lipinski definition) is 1. The molecule has 1 nitrogen and oxygen atoms in total. The van der Waals surface area contributed by atoms with Crippen molar-refractivity contribution in [2.24, 2.45) is 11.8 Å². The molecule has 0 saturated carbocycles. The van der Waals surface area contributed by atoms with Crippen LogP contribution in [-0.4, -0.2) is 13.1 Å². The lowest BCUT2D eigenvalue weighted by molar-refractivity contribution is 0.319. The summed E-state index contributed by atoms with van der Waals surface area (Å²) in [5.74, 6) is 2.06. The van der Waals surface area contributed by atoms with E-state index in [2.05, 4.69) is 19.2 Å². The van der Waals surface area contributed by atoms with Crippen molar-refractivity contribution < 1.29 is 0 Å². The summed E-state index contributed by atoms with van der Waals surface area (Å²) in [5.41, 5.74) is 0. The summed E-state index contributed by atoms with van der Waals surface area (Å²) < 4.78 is 0. The molecule has 96 valence electrons. The molecule has 1 N–H and O–H groups in total. The summed E-state index contributed by atoms with van der Waals surface area (Å²) in [6, 6.07) is 0. The van der Waals surface area contributed by atoms with E-state index in [1.54, 1.807) is 0 Å². The van der Waals surface area contributed by atoms with Crippen LogP contribution in [-0.2, 0) is 0 Å². The van der Waals surface area contributed by atoms with Gasteiger partial charge in [0.05, 0.1) is 0 Å². The smallest absolute Gasteiger partial charge is 0.00463 e. The number of hydrogen-bond donors (Lipinski definition) is 1. The fraction of sp³-hybridized carbons (Fsp3) is 1.00. The molecule has 1 aliphatic heterocycles. The number of nitrogens with one attached hydrogen (secondary N) is 1. The minimum Gasteiger partial charge on any atom is -0.317 e. The van der Waals surface area contributed by atoms with Gasteiger partial charge in [-0.3, -0.25) is 0 Å². The first-order valence-electron chi connectivity index (χ1n) is 7.57. The van der Waals surface area contributed by atoms with Crippen molar-refractivity contribution in [3.8, 4) is 0 Å². The van der Waals surface area contributed by atoms with Gasteiger partial charge in [0.15, 0.2) is 0 Å². The molecule has 0 unspecified atom stereocenters. The Morgan fingerprint density at radius 1 is 1.00 bits per heavy atom. The molecule has 1 saturated heterocycles. The zero-order valence-corrected chi connectivity index (χ0v) is 11.4. The van der Waals surface area contributed by atoms with E-state index in [4.69, 9.17) is 0 Å². The first kappa shape index (κ1) is 14.0. The van der Waals surface area contributed by atoms with E-state index in [0.717, 1.165) is 11.8 Å². The van der Waals surface area contributed by atoms with Crippen molar-refractivity contribution in [2.45, 2.75) is 71.6 Å². The minimum absolute atomic E-state index is 1.02. The molecular weight excluding hydrogens is 194 g/mol. The SMILES string of the molecule is CCCC(CCC)CCCC1CCNCC1. The molecule has 0 aromatic rings. The molecule has 0 amide bonds. The molecule has 1 fully saturated rings. The average Bonchev–Trinajstić information content (AvgIpc) is 2.31. The summed E-state index contributed by atoms with van der Waals surface area (Å²) in [4.78, 5) is 0. The monoisotopic (exact) mass is 225 g/mol. The molecular formula is C15H31N. The molecule has 0 atom stereocenters. The summed E-state index contributed by atoms with van der Waals surface area (Å²) in [6.07, 6.45) is 13.0. The van der Waals surface area contributed by atoms with Crippen LogP contribution in [0.3, 0.4) is 0 Å². The molecule has 0 aliphatic carbocycles. The molecule has 1 heteroatoms. The second kappa shape index (κ2) is 9.04. The van der Waals surface area contributed by atoms with Crippen LogP contribution >= 0.6 is 0 Å². The molecule has 1 heterocycles. The Bertz CT molecular complexity index is 144. The first-order chi connectivity index (χ1) is 7.86. The van der Waals surface area contributed by atoms with Gasteiger partial charge in [0.25, 0.3) is 0 Å². The lowest BCUT2D eigenvalue weighted by Crippen LogP contribution is -2.27. The molecule has 0 bridgehead atoms. The Balaban J connectivity index is 2.06. The summed E-state index contributed by atoms with van der Waals surface area (Å²) in [5, 5.41) is 3.45. The Morgan fingerprint density at radius 2 is 1.62 bits per heavy atom. The van der Waals surface area contributed by atoms with Gasteiger partial charge < -0.3 is 5.32 Å². The van der Waals surface area contributed by atoms with E-state index in [1.165, 1.54) is 70.9 Å². The van der Waals surface area contributed by atoms with Crippen LogP contribution in [0.2, 0.25) is 0 Å². The van der Waals surface area contributed by atoms with Crippen molar-refractivity contribution >= 4 is 0 Å². The van der Waals surface area contributed by atoms with Crippen LogP contribution < -0.4 is 5.32 Å². The third kappa shape index (κ3) is 5.89. The van der Waals surface area contributed by atoms with Crippen molar-refractivity contribution in [3.05, 3.63) is 0 Å². The zero-order chi connectivity index (χ0) is 11.6. The lowest BCUT2D eigenvalue weighted by Gasteiger charge is -2.23. The largest absolute Gasteiger partial charge is 0.317 e. The maximum absolute atomic E-state index is 3.45. The predicted molar refractivity (Wildman–Crippen MR) is 72.8 cm³/mol. The second-order valence-corrected chi connectivity index (χ2v) is 5.57. The Kier molecular flexibility index (Phi) is 7.92. The van der Waals surface area contributed by atoms with Crippen LogP contribution in [0.5, 0.6) is 0 Å². The topological polar surface area (TPSA) is 12.0 Å². The maximum atomic E-state index is 3.45. The van der Waals surface area contributed by atoms with Crippen LogP contribution in [0, 0.1) is 11.8 Å². The molecule has 16 heavy (non-hydrogen) atoms. The predicted octanol–water partition coefficient (Wildman–Crippen LogP) is 4.37. The summed E-state index contributed by atoms with van der Waals surface area (Å²) >= 11 is 0. The van der Waals surface area contributed by atoms with Crippen molar-refractivity contribution in [3.63, 3.8) is 0 Å². The highest BCUT2D eigenvalue weighted by molar-refractivity contribution is 4.69. The van der Waals surface area contributed by atoms with Crippen LogP contribution in [0.25, 0.3) is 0 Å². The van der Waals surface area contributed by atoms with Gasteiger partial charge in [-0.2, -0.15) is 0 Å². The van der Waals surface area contributed by atoms with Crippen LogP contribution in [0.4, 0.5) is 0 Å². The van der Waals surface area contributed by atoms with E-state index in [-0.39, 0.29) is 0 Å². The molecule has 0 radical (unpaired) electrons. The number of rotatable bonds is 8. The molecule has 0 spiro atoms. The molecule has 0 aromatic heterocycles. The van der Waals surface area contributed by atoms with Gasteiger partial charge in [-0.25, -0.2) is 0 Å². The highest BCUT2D eigenvalue weighted by atomic mass is 14.9. The Hall–Kier alpha value is -0.0400. The van der Waals surface area contributed by atoms with Gasteiger partial charge in [0.1, 0.15) is 0 Å². The van der Waals surface area contributed by atoms with Gasteiger partial charge in [0.2, 0.25) is 0 Å². The van der Waals surface area contributed by atoms with Crippen LogP contribution in [0.15, 0.2) is 0 Å². The van der Waals surface area contributed by atoms with Gasteiger partial charge in [0, 0.05) is 0 Å². The van der Waals surface area contributed by atoms with E-state index >= 15 is 0 Å². The Morgan fingerprint density at radius 3 is 2.19 bits per heavy atom. The van der Waals surface area contributed by atoms with Crippen LogP contribution in [0.1, 0.15) is 71.6 Å². The Labute approximate surface area is 102 Å². The standard InChI is InChI=1S/C15H31N/c1-3-6-14(7-4-2)8-5-9-15-10-12-16-13-11-15/h14-16H,3-13H2,1-2H3. The molecule has 1 rings (SSSR count). The minimum atomic E-state index is 1.02. The fourth-order valence-electron chi connectivity index (χ4n) is 3.12. The van der Waals surface area contributed by atoms with E-state index < -0.39 is 0 Å². The zero-order valence-electron chi connectivity index (χ0n) is 11.4. The highest BCUT2D eigenvalue weighted by Crippen LogP contribution is 2.24. The van der Waals surface area contributed by atoms with E-state index in [0.29, 0.717) is 0 Å². The van der Waals surface area contributed by atoms with Crippen molar-refractivity contribution in [1.29, 1.82) is 0 Å². The fourth-order valence-corrected chi connectivity index (χ4v) is 3.12. The molecule has 1 aliphatic rings.